The maximum atomic E-state index is 14.1. The van der Waals surface area contributed by atoms with Gasteiger partial charge in [0, 0.05) is 19.6 Å². The molecular formula is C33H54N6O5. The Morgan fingerprint density at radius 2 is 1.41 bits per heavy atom. The van der Waals surface area contributed by atoms with Crippen LogP contribution in [0.3, 0.4) is 0 Å². The Labute approximate surface area is 263 Å². The molecule has 2 rings (SSSR count). The summed E-state index contributed by atoms with van der Waals surface area (Å²) in [5.74, 6) is -2.03. The average Bonchev–Trinajstić information content (AvgIpc) is 3.41. The van der Waals surface area contributed by atoms with Crippen molar-refractivity contribution in [2.45, 2.75) is 98.4 Å². The summed E-state index contributed by atoms with van der Waals surface area (Å²) < 4.78 is 0. The average molecular weight is 615 g/mol. The zero-order valence-electron chi connectivity index (χ0n) is 28.4. The number of rotatable bonds is 13. The van der Waals surface area contributed by atoms with Crippen LogP contribution in [0.25, 0.3) is 0 Å². The van der Waals surface area contributed by atoms with Gasteiger partial charge in [0.15, 0.2) is 0 Å². The third-order valence-corrected chi connectivity index (χ3v) is 8.02. The molecule has 0 saturated carbocycles. The Balaban J connectivity index is 2.28. The molecule has 1 aromatic carbocycles. The molecule has 44 heavy (non-hydrogen) atoms. The number of hydrogen-bond acceptors (Lipinski definition) is 6. The number of anilines is 1. The van der Waals surface area contributed by atoms with Gasteiger partial charge in [0.25, 0.3) is 5.91 Å². The number of carbonyl (C=O) groups excluding carboxylic acids is 5. The summed E-state index contributed by atoms with van der Waals surface area (Å²) in [6, 6.07) is 3.87. The molecule has 4 atom stereocenters. The van der Waals surface area contributed by atoms with Gasteiger partial charge >= 0.3 is 0 Å². The van der Waals surface area contributed by atoms with Crippen LogP contribution in [0.4, 0.5) is 5.69 Å². The van der Waals surface area contributed by atoms with Gasteiger partial charge < -0.3 is 25.8 Å². The fourth-order valence-corrected chi connectivity index (χ4v) is 5.96. The first kappa shape index (κ1) is 36.7. The van der Waals surface area contributed by atoms with E-state index in [1.54, 1.807) is 36.2 Å². The van der Waals surface area contributed by atoms with Crippen molar-refractivity contribution in [3.05, 3.63) is 29.8 Å². The topological polar surface area (TPSA) is 131 Å². The quantitative estimate of drug-likeness (QED) is 0.313. The highest BCUT2D eigenvalue weighted by atomic mass is 16.2. The lowest BCUT2D eigenvalue weighted by Crippen LogP contribution is -2.60. The van der Waals surface area contributed by atoms with Gasteiger partial charge in [-0.2, -0.15) is 0 Å². The number of para-hydroxylation sites is 1. The number of benzene rings is 1. The minimum atomic E-state index is -0.840. The molecule has 1 aliphatic heterocycles. The van der Waals surface area contributed by atoms with Crippen molar-refractivity contribution in [3.8, 4) is 0 Å². The van der Waals surface area contributed by atoms with E-state index < -0.39 is 24.2 Å². The van der Waals surface area contributed by atoms with Crippen LogP contribution in [-0.4, -0.2) is 102 Å². The molecule has 246 valence electrons. The van der Waals surface area contributed by atoms with Crippen LogP contribution >= 0.6 is 0 Å². The first-order valence-electron chi connectivity index (χ1n) is 15.7. The molecule has 0 aromatic heterocycles. The van der Waals surface area contributed by atoms with Crippen molar-refractivity contribution in [1.29, 1.82) is 0 Å². The summed E-state index contributed by atoms with van der Waals surface area (Å²) in [6.45, 7) is 15.5. The zero-order chi connectivity index (χ0) is 33.5. The molecule has 1 saturated heterocycles. The summed E-state index contributed by atoms with van der Waals surface area (Å²) in [5, 5.41) is 8.66. The predicted octanol–water partition coefficient (Wildman–Crippen LogP) is 2.96. The molecule has 1 fully saturated rings. The second-order valence-electron chi connectivity index (χ2n) is 13.4. The molecule has 0 bridgehead atoms. The van der Waals surface area contributed by atoms with E-state index in [1.165, 1.54) is 4.90 Å². The highest BCUT2D eigenvalue weighted by Gasteiger charge is 2.42. The smallest absolute Gasteiger partial charge is 0.253 e. The number of hydrogen-bond donors (Lipinski definition) is 3. The maximum Gasteiger partial charge on any atom is 0.253 e. The lowest BCUT2D eigenvalue weighted by Gasteiger charge is -2.38. The third-order valence-electron chi connectivity index (χ3n) is 8.02. The predicted molar refractivity (Wildman–Crippen MR) is 173 cm³/mol. The van der Waals surface area contributed by atoms with Gasteiger partial charge in [-0.1, -0.05) is 53.7 Å². The SMILES string of the molecule is CC(C)NC(=O)c1ccccc1NC(=O)[C@@H]1CCCN1C(=O)[C@H](C(C)C)N(C)C(=O)[C@@H](NC(=O)[C@H](C(C)C)N(C)C)C(C)C. The molecule has 0 spiro atoms. The fourth-order valence-electron chi connectivity index (χ4n) is 5.96. The zero-order valence-corrected chi connectivity index (χ0v) is 28.4. The van der Waals surface area contributed by atoms with E-state index in [1.807, 2.05) is 74.4 Å². The van der Waals surface area contributed by atoms with Gasteiger partial charge in [0.1, 0.15) is 18.1 Å². The molecule has 1 heterocycles. The van der Waals surface area contributed by atoms with E-state index in [9.17, 15) is 24.0 Å². The van der Waals surface area contributed by atoms with E-state index in [2.05, 4.69) is 16.0 Å². The maximum absolute atomic E-state index is 14.1. The first-order chi connectivity index (χ1) is 20.5. The number of carbonyl (C=O) groups is 5. The standard InChI is InChI=1S/C33H54N6O5/c1-19(2)26(36-31(42)27(20(3)4)37(9)10)32(43)38(11)28(21(5)6)33(44)39-18-14-17-25(39)30(41)35-24-16-13-12-15-23(24)29(40)34-22(7)8/h12-13,15-16,19-22,25-28H,14,17-18H2,1-11H3,(H,34,40)(H,35,41)(H,36,42)/t25-,26-,27-,28-/m0/s1. The number of nitrogens with zero attached hydrogens (tertiary/aromatic N) is 3. The van der Waals surface area contributed by atoms with Gasteiger partial charge in [-0.3, -0.25) is 28.9 Å². The van der Waals surface area contributed by atoms with E-state index in [4.69, 9.17) is 0 Å². The van der Waals surface area contributed by atoms with Crippen molar-refractivity contribution < 1.29 is 24.0 Å². The van der Waals surface area contributed by atoms with E-state index in [-0.39, 0.29) is 53.3 Å². The van der Waals surface area contributed by atoms with Crippen molar-refractivity contribution in [2.75, 3.05) is 33.0 Å². The molecular weight excluding hydrogens is 560 g/mol. The van der Waals surface area contributed by atoms with Gasteiger partial charge in [-0.25, -0.2) is 0 Å². The molecule has 1 aromatic rings. The second-order valence-corrected chi connectivity index (χ2v) is 13.4. The minimum Gasteiger partial charge on any atom is -0.350 e. The van der Waals surface area contributed by atoms with Crippen LogP contribution in [-0.2, 0) is 19.2 Å². The van der Waals surface area contributed by atoms with E-state index in [0.29, 0.717) is 30.6 Å². The lowest BCUT2D eigenvalue weighted by molar-refractivity contribution is -0.150. The molecule has 0 unspecified atom stereocenters. The van der Waals surface area contributed by atoms with Crippen LogP contribution in [0.2, 0.25) is 0 Å². The van der Waals surface area contributed by atoms with Gasteiger partial charge in [0.05, 0.1) is 17.3 Å². The summed E-state index contributed by atoms with van der Waals surface area (Å²) in [7, 11) is 5.25. The van der Waals surface area contributed by atoms with E-state index in [0.717, 1.165) is 0 Å². The Bertz CT molecular complexity index is 1170. The van der Waals surface area contributed by atoms with Crippen molar-refractivity contribution in [3.63, 3.8) is 0 Å². The highest BCUT2D eigenvalue weighted by molar-refractivity contribution is 6.06. The van der Waals surface area contributed by atoms with Crippen LogP contribution in [0.15, 0.2) is 24.3 Å². The molecule has 11 nitrogen and oxygen atoms in total. The summed E-state index contributed by atoms with van der Waals surface area (Å²) in [4.78, 5) is 72.3. The monoisotopic (exact) mass is 614 g/mol. The highest BCUT2D eigenvalue weighted by Crippen LogP contribution is 2.25. The Hall–Kier alpha value is -3.47. The van der Waals surface area contributed by atoms with Crippen molar-refractivity contribution >= 4 is 35.2 Å². The summed E-state index contributed by atoms with van der Waals surface area (Å²) >= 11 is 0. The number of nitrogens with one attached hydrogen (secondary N) is 3. The largest absolute Gasteiger partial charge is 0.350 e. The molecule has 3 N–H and O–H groups in total. The number of likely N-dealkylation sites (tertiary alicyclic amines) is 1. The lowest BCUT2D eigenvalue weighted by atomic mass is 9.96. The normalized spacial score (nSPS) is 17.2. The van der Waals surface area contributed by atoms with Crippen LogP contribution < -0.4 is 16.0 Å². The second kappa shape index (κ2) is 16.0. The Morgan fingerprint density at radius 3 is 1.93 bits per heavy atom. The van der Waals surface area contributed by atoms with Gasteiger partial charge in [-0.05, 0) is 70.7 Å². The Kier molecular flexibility index (Phi) is 13.4. The molecule has 1 aliphatic rings. The number of amides is 5. The molecule has 11 heteroatoms. The summed E-state index contributed by atoms with van der Waals surface area (Å²) in [6.07, 6.45) is 1.10. The van der Waals surface area contributed by atoms with Gasteiger partial charge in [0.2, 0.25) is 23.6 Å². The third kappa shape index (κ3) is 9.03. The summed E-state index contributed by atoms with van der Waals surface area (Å²) in [5.41, 5.74) is 0.710. The molecule has 5 amide bonds. The fraction of sp³-hybridized carbons (Fsp3) is 0.667. The molecule has 0 radical (unpaired) electrons. The van der Waals surface area contributed by atoms with Crippen LogP contribution in [0.1, 0.15) is 78.6 Å². The first-order valence-corrected chi connectivity index (χ1v) is 15.7. The van der Waals surface area contributed by atoms with Crippen LogP contribution in [0.5, 0.6) is 0 Å². The minimum absolute atomic E-state index is 0.0328. The molecule has 0 aliphatic carbocycles. The Morgan fingerprint density at radius 1 is 0.818 bits per heavy atom. The number of likely N-dealkylation sites (N-methyl/N-ethyl adjacent to an activating group) is 2. The van der Waals surface area contributed by atoms with Crippen molar-refractivity contribution in [1.82, 2.24) is 25.3 Å². The van der Waals surface area contributed by atoms with Gasteiger partial charge in [-0.15, -0.1) is 0 Å². The van der Waals surface area contributed by atoms with Crippen LogP contribution in [0, 0.1) is 17.8 Å². The van der Waals surface area contributed by atoms with E-state index >= 15 is 0 Å². The van der Waals surface area contributed by atoms with Crippen molar-refractivity contribution in [2.24, 2.45) is 17.8 Å².